The van der Waals surface area contributed by atoms with Crippen LogP contribution in [0.3, 0.4) is 0 Å². The Morgan fingerprint density at radius 3 is 2.56 bits per heavy atom. The van der Waals surface area contributed by atoms with Crippen molar-refractivity contribution in [2.75, 3.05) is 0 Å². The topological polar surface area (TPSA) is 20.2 Å². The van der Waals surface area contributed by atoms with Gasteiger partial charge in [0.1, 0.15) is 5.75 Å². The number of rotatable bonds is 0. The predicted molar refractivity (Wildman–Crippen MR) is 36.5 cm³/mol. The number of phenols is 1. The van der Waals surface area contributed by atoms with Crippen LogP contribution in [-0.2, 0) is 0 Å². The first-order valence-corrected chi connectivity index (χ1v) is 2.82. The van der Waals surface area contributed by atoms with E-state index in [-0.39, 0.29) is 10.8 Å². The van der Waals surface area contributed by atoms with Crippen LogP contribution < -0.4 is 0 Å². The second-order valence-electron chi connectivity index (χ2n) is 1.68. The summed E-state index contributed by atoms with van der Waals surface area (Å²) in [7, 11) is 0. The molecule has 1 nitrogen and oxygen atoms in total. The first kappa shape index (κ1) is 6.43. The second-order valence-corrected chi connectivity index (χ2v) is 2.08. The minimum absolute atomic E-state index is 0.0424. The molecule has 0 saturated heterocycles. The molecule has 0 aliphatic heterocycles. The van der Waals surface area contributed by atoms with Crippen LogP contribution in [0.2, 0.25) is 5.02 Å². The van der Waals surface area contributed by atoms with Gasteiger partial charge in [-0.25, -0.2) is 0 Å². The van der Waals surface area contributed by atoms with Crippen molar-refractivity contribution in [2.45, 2.75) is 0 Å². The van der Waals surface area contributed by atoms with Gasteiger partial charge in [0.05, 0.1) is 5.02 Å². The summed E-state index contributed by atoms with van der Waals surface area (Å²) in [5, 5.41) is 9.24. The molecule has 1 rings (SSSR count). The van der Waals surface area contributed by atoms with E-state index in [1.165, 1.54) is 0 Å². The lowest BCUT2D eigenvalue weighted by Crippen LogP contribution is -1.72. The highest BCUT2D eigenvalue weighted by atomic mass is 35.5. The van der Waals surface area contributed by atoms with Crippen LogP contribution in [0.25, 0.3) is 0 Å². The quantitative estimate of drug-likeness (QED) is 0.585. The van der Waals surface area contributed by atoms with Crippen molar-refractivity contribution in [3.05, 3.63) is 35.7 Å². The van der Waals surface area contributed by atoms with Crippen molar-refractivity contribution in [1.82, 2.24) is 0 Å². The van der Waals surface area contributed by atoms with Gasteiger partial charge in [0, 0.05) is 6.92 Å². The second kappa shape index (κ2) is 2.28. The molecule has 0 amide bonds. The van der Waals surface area contributed by atoms with Crippen LogP contribution in [-0.4, -0.2) is 5.11 Å². The fourth-order valence-electron chi connectivity index (χ4n) is 0.532. The highest BCUT2D eigenvalue weighted by Gasteiger charge is 1.97. The van der Waals surface area contributed by atoms with Crippen LogP contribution in [0.5, 0.6) is 5.75 Å². The van der Waals surface area contributed by atoms with E-state index in [0.29, 0.717) is 5.56 Å². The van der Waals surface area contributed by atoms with Gasteiger partial charge in [0.25, 0.3) is 0 Å². The fraction of sp³-hybridized carbons (Fsp3) is 0. The van der Waals surface area contributed by atoms with Crippen LogP contribution in [0.15, 0.2) is 18.2 Å². The van der Waals surface area contributed by atoms with Gasteiger partial charge in [0.2, 0.25) is 0 Å². The highest BCUT2D eigenvalue weighted by Crippen LogP contribution is 2.25. The van der Waals surface area contributed by atoms with Crippen molar-refractivity contribution < 1.29 is 5.11 Å². The Kier molecular flexibility index (Phi) is 1.63. The predicted octanol–water partition coefficient (Wildman–Crippen LogP) is 2.10. The maximum atomic E-state index is 8.95. The molecule has 0 bridgehead atoms. The minimum Gasteiger partial charge on any atom is -0.506 e. The summed E-state index contributed by atoms with van der Waals surface area (Å²) >= 11 is 5.48. The molecule has 0 aliphatic carbocycles. The summed E-state index contributed by atoms with van der Waals surface area (Å²) in [6.07, 6.45) is 0. The Balaban J connectivity index is 3.25. The van der Waals surface area contributed by atoms with Gasteiger partial charge in [-0.15, -0.1) is 0 Å². The fourth-order valence-corrected chi connectivity index (χ4v) is 0.714. The average molecular weight is 141 g/mol. The number of halogens is 1. The van der Waals surface area contributed by atoms with E-state index in [4.69, 9.17) is 23.6 Å². The molecule has 46 valence electrons. The molecular formula is C7H5ClO. The summed E-state index contributed by atoms with van der Waals surface area (Å²) in [6, 6.07) is 4.84. The van der Waals surface area contributed by atoms with Gasteiger partial charge in [-0.1, -0.05) is 23.7 Å². The molecule has 0 heterocycles. The zero-order valence-electron chi connectivity index (χ0n) is 4.63. The first-order valence-electron chi connectivity index (χ1n) is 2.45. The third-order valence-electron chi connectivity index (χ3n) is 1.02. The number of hydrogen-bond acceptors (Lipinski definition) is 1. The van der Waals surface area contributed by atoms with Gasteiger partial charge in [0.15, 0.2) is 0 Å². The van der Waals surface area contributed by atoms with Crippen molar-refractivity contribution in [3.63, 3.8) is 0 Å². The molecule has 0 unspecified atom stereocenters. The molecule has 1 N–H and O–H groups in total. The van der Waals surface area contributed by atoms with Crippen molar-refractivity contribution in [1.29, 1.82) is 0 Å². The number of phenolic OH excluding ortho intramolecular Hbond substituents is 1. The van der Waals surface area contributed by atoms with Gasteiger partial charge < -0.3 is 5.11 Å². The number of aromatic hydroxyl groups is 1. The largest absolute Gasteiger partial charge is 0.506 e. The Bertz CT molecular complexity index is 200. The molecule has 0 fully saturated rings. The number of hydrogen-bond donors (Lipinski definition) is 1. The lowest BCUT2D eigenvalue weighted by Gasteiger charge is -1.96. The van der Waals surface area contributed by atoms with Crippen LogP contribution >= 0.6 is 11.6 Å². The van der Waals surface area contributed by atoms with E-state index >= 15 is 0 Å². The number of benzene rings is 1. The smallest absolute Gasteiger partial charge is 0.137 e. The summed E-state index contributed by atoms with van der Waals surface area (Å²) in [5.74, 6) is -0.0424. The maximum Gasteiger partial charge on any atom is 0.137 e. The van der Waals surface area contributed by atoms with Gasteiger partial charge >= 0.3 is 0 Å². The summed E-state index contributed by atoms with van der Waals surface area (Å²) in [4.78, 5) is 0. The Morgan fingerprint density at radius 2 is 2.11 bits per heavy atom. The van der Waals surface area contributed by atoms with E-state index in [1.807, 2.05) is 0 Å². The first-order chi connectivity index (χ1) is 4.22. The van der Waals surface area contributed by atoms with E-state index in [0.717, 1.165) is 0 Å². The molecular weight excluding hydrogens is 136 g/mol. The lowest BCUT2D eigenvalue weighted by atomic mass is 10.2. The molecule has 1 aromatic rings. The SMILES string of the molecule is [CH]c1cccc(Cl)c1O. The molecule has 2 radical (unpaired) electrons. The normalized spacial score (nSPS) is 9.56. The molecule has 0 aromatic heterocycles. The zero-order chi connectivity index (χ0) is 6.85. The molecule has 0 aliphatic rings. The minimum atomic E-state index is -0.0424. The molecule has 1 aromatic carbocycles. The number of para-hydroxylation sites is 1. The lowest BCUT2D eigenvalue weighted by molar-refractivity contribution is 0.473. The Hall–Kier alpha value is -0.690. The third-order valence-corrected chi connectivity index (χ3v) is 1.32. The van der Waals surface area contributed by atoms with Crippen LogP contribution in [0.1, 0.15) is 5.56 Å². The molecule has 9 heavy (non-hydrogen) atoms. The van der Waals surface area contributed by atoms with E-state index in [1.54, 1.807) is 18.2 Å². The molecule has 0 spiro atoms. The van der Waals surface area contributed by atoms with E-state index in [2.05, 4.69) is 0 Å². The Morgan fingerprint density at radius 1 is 1.44 bits per heavy atom. The van der Waals surface area contributed by atoms with Crippen LogP contribution in [0, 0.1) is 6.92 Å². The Labute approximate surface area is 58.9 Å². The van der Waals surface area contributed by atoms with Crippen molar-refractivity contribution in [3.8, 4) is 5.75 Å². The third kappa shape index (κ3) is 1.16. The average Bonchev–Trinajstić information content (AvgIpc) is 1.83. The molecule has 0 saturated carbocycles. The van der Waals surface area contributed by atoms with E-state index in [9.17, 15) is 0 Å². The maximum absolute atomic E-state index is 8.95. The van der Waals surface area contributed by atoms with Gasteiger partial charge in [-0.2, -0.15) is 0 Å². The summed E-state index contributed by atoms with van der Waals surface area (Å²) in [5.41, 5.74) is 0.308. The van der Waals surface area contributed by atoms with Gasteiger partial charge in [-0.3, -0.25) is 0 Å². The molecule has 2 heteroatoms. The van der Waals surface area contributed by atoms with E-state index < -0.39 is 0 Å². The van der Waals surface area contributed by atoms with Crippen LogP contribution in [0.4, 0.5) is 0 Å². The molecule has 0 atom stereocenters. The van der Waals surface area contributed by atoms with Crippen molar-refractivity contribution >= 4 is 11.6 Å². The summed E-state index contributed by atoms with van der Waals surface area (Å²) < 4.78 is 0. The zero-order valence-corrected chi connectivity index (χ0v) is 5.39. The summed E-state index contributed by atoms with van der Waals surface area (Å²) in [6.45, 7) is 5.29. The highest BCUT2D eigenvalue weighted by molar-refractivity contribution is 6.32. The van der Waals surface area contributed by atoms with Gasteiger partial charge in [-0.05, 0) is 11.6 Å². The standard InChI is InChI=1S/C7H5ClO/c1-5-3-2-4-6(8)7(5)9/h1-4,9H. The monoisotopic (exact) mass is 140 g/mol. The van der Waals surface area contributed by atoms with Crippen molar-refractivity contribution in [2.24, 2.45) is 0 Å².